The fourth-order valence-electron chi connectivity index (χ4n) is 2.85. The van der Waals surface area contributed by atoms with E-state index in [0.717, 1.165) is 11.1 Å². The number of carbonyl (C=O) groups excluding carboxylic acids is 1. The molecule has 0 radical (unpaired) electrons. The molecule has 0 fully saturated rings. The number of fused-ring (bicyclic) bond motifs is 1. The highest BCUT2D eigenvalue weighted by Crippen LogP contribution is 2.32. The molecule has 0 bridgehead atoms. The maximum Gasteiger partial charge on any atom is 0.356 e. The molecule has 10 nitrogen and oxygen atoms in total. The van der Waals surface area contributed by atoms with E-state index in [1.807, 2.05) is 19.1 Å². The average Bonchev–Trinajstić information content (AvgIpc) is 3.23. The van der Waals surface area contributed by atoms with Crippen molar-refractivity contribution in [3.05, 3.63) is 52.6 Å². The van der Waals surface area contributed by atoms with E-state index in [4.69, 9.17) is 4.74 Å². The molecule has 0 aliphatic carbocycles. The molecule has 4 rings (SSSR count). The maximum atomic E-state index is 12.2. The van der Waals surface area contributed by atoms with Gasteiger partial charge in [0, 0.05) is 11.8 Å². The van der Waals surface area contributed by atoms with Gasteiger partial charge < -0.3 is 14.5 Å². The van der Waals surface area contributed by atoms with E-state index in [0.29, 0.717) is 23.7 Å². The number of ether oxygens (including phenoxy) is 2. The molecular formula is C19H16N6O4. The Morgan fingerprint density at radius 3 is 2.69 bits per heavy atom. The summed E-state index contributed by atoms with van der Waals surface area (Å²) in [6.07, 6.45) is 1.58. The molecule has 0 aliphatic rings. The van der Waals surface area contributed by atoms with E-state index in [2.05, 4.69) is 35.1 Å². The first kappa shape index (κ1) is 18.3. The van der Waals surface area contributed by atoms with Gasteiger partial charge in [-0.05, 0) is 30.7 Å². The van der Waals surface area contributed by atoms with Crippen molar-refractivity contribution in [2.24, 2.45) is 0 Å². The molecule has 3 aromatic heterocycles. The molecule has 2 N–H and O–H groups in total. The number of methoxy groups -OCH3 is 1. The number of H-pyrrole nitrogens is 2. The van der Waals surface area contributed by atoms with Crippen LogP contribution in [0.4, 0.5) is 0 Å². The monoisotopic (exact) mass is 392 g/mol. The second kappa shape index (κ2) is 7.50. The zero-order valence-electron chi connectivity index (χ0n) is 15.6. The first-order chi connectivity index (χ1) is 14.1. The highest BCUT2D eigenvalue weighted by molar-refractivity contribution is 5.87. The van der Waals surface area contributed by atoms with Gasteiger partial charge in [0.05, 0.1) is 19.3 Å². The first-order valence-electron chi connectivity index (χ1n) is 8.73. The topological polar surface area (TPSA) is 136 Å². The van der Waals surface area contributed by atoms with Crippen LogP contribution in [0.1, 0.15) is 17.4 Å². The fourth-order valence-corrected chi connectivity index (χ4v) is 2.85. The summed E-state index contributed by atoms with van der Waals surface area (Å²) < 4.78 is 10.4. The number of pyridine rings is 1. The number of rotatable bonds is 5. The van der Waals surface area contributed by atoms with Crippen molar-refractivity contribution in [2.45, 2.75) is 6.92 Å². The van der Waals surface area contributed by atoms with E-state index < -0.39 is 11.5 Å². The molecule has 146 valence electrons. The Morgan fingerprint density at radius 1 is 1.14 bits per heavy atom. The third kappa shape index (κ3) is 3.43. The minimum Gasteiger partial charge on any atom is -0.493 e. The summed E-state index contributed by atoms with van der Waals surface area (Å²) in [7, 11) is 1.31. The SMILES string of the molecule is CCOc1cc(-c2ccc(C(=O)OC)nc2)ccc1-c1nc2n[nH]nc2c(=O)[nH]1. The lowest BCUT2D eigenvalue weighted by atomic mass is 10.0. The molecular weight excluding hydrogens is 376 g/mol. The molecule has 0 amide bonds. The highest BCUT2D eigenvalue weighted by Gasteiger charge is 2.15. The van der Waals surface area contributed by atoms with Crippen molar-refractivity contribution < 1.29 is 14.3 Å². The number of hydrogen-bond donors (Lipinski definition) is 2. The smallest absolute Gasteiger partial charge is 0.356 e. The van der Waals surface area contributed by atoms with Gasteiger partial charge in [0.1, 0.15) is 17.3 Å². The molecule has 0 saturated heterocycles. The summed E-state index contributed by atoms with van der Waals surface area (Å²) in [6, 6.07) is 8.82. The summed E-state index contributed by atoms with van der Waals surface area (Å²) in [5.74, 6) is 0.360. The summed E-state index contributed by atoms with van der Waals surface area (Å²) >= 11 is 0. The highest BCUT2D eigenvalue weighted by atomic mass is 16.5. The lowest BCUT2D eigenvalue weighted by molar-refractivity contribution is 0.0594. The third-order valence-electron chi connectivity index (χ3n) is 4.22. The number of nitrogens with one attached hydrogen (secondary N) is 2. The van der Waals surface area contributed by atoms with Gasteiger partial charge >= 0.3 is 5.97 Å². The zero-order valence-corrected chi connectivity index (χ0v) is 15.6. The van der Waals surface area contributed by atoms with Crippen LogP contribution in [0.15, 0.2) is 41.3 Å². The van der Waals surface area contributed by atoms with Gasteiger partial charge in [-0.15, -0.1) is 10.2 Å². The molecule has 0 spiro atoms. The number of benzene rings is 1. The standard InChI is InChI=1S/C19H16N6O4/c1-3-29-14-8-10(11-5-7-13(20-9-11)19(27)28-2)4-6-12(14)16-21-17-15(18(26)22-16)23-25-24-17/h4-9H,3H2,1-2H3,(H2,21,22,23,24,25,26). The van der Waals surface area contributed by atoms with Crippen LogP contribution in [0, 0.1) is 0 Å². The van der Waals surface area contributed by atoms with Gasteiger partial charge in [-0.1, -0.05) is 12.1 Å². The lowest BCUT2D eigenvalue weighted by Gasteiger charge is -2.12. The van der Waals surface area contributed by atoms with Crippen molar-refractivity contribution in [1.29, 1.82) is 0 Å². The third-order valence-corrected chi connectivity index (χ3v) is 4.22. The molecule has 29 heavy (non-hydrogen) atoms. The van der Waals surface area contributed by atoms with Gasteiger partial charge in [0.2, 0.25) is 5.65 Å². The van der Waals surface area contributed by atoms with Crippen LogP contribution in [0.2, 0.25) is 0 Å². The van der Waals surface area contributed by atoms with E-state index in [9.17, 15) is 9.59 Å². The minimum atomic E-state index is -0.500. The first-order valence-corrected chi connectivity index (χ1v) is 8.73. The normalized spacial score (nSPS) is 10.8. The van der Waals surface area contributed by atoms with E-state index >= 15 is 0 Å². The van der Waals surface area contributed by atoms with E-state index in [1.165, 1.54) is 7.11 Å². The number of nitrogens with zero attached hydrogens (tertiary/aromatic N) is 4. The van der Waals surface area contributed by atoms with Gasteiger partial charge in [0.25, 0.3) is 5.56 Å². The van der Waals surface area contributed by atoms with Crippen molar-refractivity contribution in [1.82, 2.24) is 30.4 Å². The van der Waals surface area contributed by atoms with Crippen LogP contribution in [-0.2, 0) is 4.74 Å². The Labute approximate surface area is 163 Å². The molecule has 1 aromatic carbocycles. The Hall–Kier alpha value is -4.08. The average molecular weight is 392 g/mol. The van der Waals surface area contributed by atoms with Crippen LogP contribution < -0.4 is 10.3 Å². The van der Waals surface area contributed by atoms with Gasteiger partial charge in [-0.25, -0.2) is 14.8 Å². The van der Waals surface area contributed by atoms with Gasteiger partial charge in [-0.2, -0.15) is 5.21 Å². The molecule has 0 aliphatic heterocycles. The number of carbonyl (C=O) groups is 1. The lowest BCUT2D eigenvalue weighted by Crippen LogP contribution is -2.10. The van der Waals surface area contributed by atoms with Crippen LogP contribution >= 0.6 is 0 Å². The second-order valence-electron chi connectivity index (χ2n) is 5.98. The molecule has 0 atom stereocenters. The Balaban J connectivity index is 1.76. The van der Waals surface area contributed by atoms with Crippen molar-refractivity contribution >= 4 is 17.1 Å². The zero-order chi connectivity index (χ0) is 20.4. The van der Waals surface area contributed by atoms with Crippen molar-refractivity contribution in [2.75, 3.05) is 13.7 Å². The van der Waals surface area contributed by atoms with Crippen LogP contribution in [-0.4, -0.2) is 50.0 Å². The Kier molecular flexibility index (Phi) is 4.73. The van der Waals surface area contributed by atoms with Crippen LogP contribution in [0.25, 0.3) is 33.7 Å². The molecule has 0 unspecified atom stereocenters. The minimum absolute atomic E-state index is 0.139. The van der Waals surface area contributed by atoms with E-state index in [-0.39, 0.29) is 16.9 Å². The summed E-state index contributed by atoms with van der Waals surface area (Å²) in [5.41, 5.74) is 2.41. The Bertz CT molecular complexity index is 1250. The summed E-state index contributed by atoms with van der Waals surface area (Å²) in [6.45, 7) is 2.28. The van der Waals surface area contributed by atoms with Crippen molar-refractivity contribution in [3.63, 3.8) is 0 Å². The molecule has 4 aromatic rings. The quantitative estimate of drug-likeness (QED) is 0.492. The largest absolute Gasteiger partial charge is 0.493 e. The van der Waals surface area contributed by atoms with Crippen LogP contribution in [0.3, 0.4) is 0 Å². The van der Waals surface area contributed by atoms with Gasteiger partial charge in [-0.3, -0.25) is 4.79 Å². The molecule has 10 heteroatoms. The number of esters is 1. The maximum absolute atomic E-state index is 12.2. The number of hydrogen-bond acceptors (Lipinski definition) is 8. The van der Waals surface area contributed by atoms with E-state index in [1.54, 1.807) is 24.4 Å². The predicted molar refractivity (Wildman–Crippen MR) is 103 cm³/mol. The molecule has 3 heterocycles. The summed E-state index contributed by atoms with van der Waals surface area (Å²) in [4.78, 5) is 34.9. The number of aromatic nitrogens is 6. The summed E-state index contributed by atoms with van der Waals surface area (Å²) in [5, 5.41) is 10.1. The second-order valence-corrected chi connectivity index (χ2v) is 5.98. The molecule has 0 saturated carbocycles. The fraction of sp³-hybridized carbons (Fsp3) is 0.158. The van der Waals surface area contributed by atoms with Crippen molar-refractivity contribution in [3.8, 4) is 28.3 Å². The van der Waals surface area contributed by atoms with Gasteiger partial charge in [0.15, 0.2) is 5.52 Å². The predicted octanol–water partition coefficient (Wildman–Crippen LogP) is 1.96. The van der Waals surface area contributed by atoms with Crippen LogP contribution in [0.5, 0.6) is 5.75 Å². The Morgan fingerprint density at radius 2 is 1.97 bits per heavy atom. The number of aromatic amines is 2.